The zero-order valence-electron chi connectivity index (χ0n) is 10.4. The van der Waals surface area contributed by atoms with Gasteiger partial charge in [0.1, 0.15) is 0 Å². The van der Waals surface area contributed by atoms with Crippen LogP contribution in [0.25, 0.3) is 0 Å². The van der Waals surface area contributed by atoms with Crippen LogP contribution in [0.4, 0.5) is 0 Å². The molecule has 5 heteroatoms. The van der Waals surface area contributed by atoms with Crippen molar-refractivity contribution in [3.8, 4) is 0 Å². The maximum absolute atomic E-state index is 12.3. The van der Waals surface area contributed by atoms with Crippen LogP contribution < -0.4 is 0 Å². The summed E-state index contributed by atoms with van der Waals surface area (Å²) in [6.45, 7) is 1.40. The molecule has 3 rings (SSSR count). The quantitative estimate of drug-likeness (QED) is 0.923. The number of nitrogens with zero attached hydrogens (tertiary/aromatic N) is 2. The second kappa shape index (κ2) is 5.17. The van der Waals surface area contributed by atoms with Gasteiger partial charge in [-0.25, -0.2) is 4.98 Å². The molecule has 0 aliphatic carbocycles. The molecule has 0 spiro atoms. The van der Waals surface area contributed by atoms with E-state index in [9.17, 15) is 4.79 Å². The number of H-pyrrole nitrogens is 1. The minimum Gasteiger partial charge on any atom is -0.347 e. The fourth-order valence-electron chi connectivity index (χ4n) is 2.31. The van der Waals surface area contributed by atoms with Crippen LogP contribution in [-0.2, 0) is 24.2 Å². The summed E-state index contributed by atoms with van der Waals surface area (Å²) in [7, 11) is 0. The molecular formula is C14H14BrN3O. The van der Waals surface area contributed by atoms with Crippen molar-refractivity contribution in [2.24, 2.45) is 0 Å². The Hall–Kier alpha value is -1.62. The van der Waals surface area contributed by atoms with Gasteiger partial charge < -0.3 is 9.88 Å². The fourth-order valence-corrected chi connectivity index (χ4v) is 2.58. The molecule has 0 saturated carbocycles. The second-order valence-electron chi connectivity index (χ2n) is 4.70. The van der Waals surface area contributed by atoms with Gasteiger partial charge >= 0.3 is 0 Å². The van der Waals surface area contributed by atoms with Crippen LogP contribution in [0.15, 0.2) is 35.1 Å². The van der Waals surface area contributed by atoms with Gasteiger partial charge in [-0.2, -0.15) is 0 Å². The monoisotopic (exact) mass is 319 g/mol. The molecular weight excluding hydrogens is 306 g/mol. The summed E-state index contributed by atoms with van der Waals surface area (Å²) in [5.41, 5.74) is 3.20. The lowest BCUT2D eigenvalue weighted by molar-refractivity contribution is -0.131. The van der Waals surface area contributed by atoms with E-state index in [1.54, 1.807) is 6.33 Å². The number of fused-ring (bicyclic) bond motifs is 1. The van der Waals surface area contributed by atoms with Crippen LogP contribution in [0.2, 0.25) is 0 Å². The normalized spacial score (nSPS) is 14.3. The maximum atomic E-state index is 12.3. The van der Waals surface area contributed by atoms with Gasteiger partial charge in [-0.05, 0) is 17.7 Å². The van der Waals surface area contributed by atoms with Crippen LogP contribution in [0.5, 0.6) is 0 Å². The van der Waals surface area contributed by atoms with Crippen LogP contribution >= 0.6 is 15.9 Å². The van der Waals surface area contributed by atoms with Crippen molar-refractivity contribution in [3.63, 3.8) is 0 Å². The Kier molecular flexibility index (Phi) is 3.38. The summed E-state index contributed by atoms with van der Waals surface area (Å²) >= 11 is 3.40. The zero-order valence-corrected chi connectivity index (χ0v) is 12.0. The Morgan fingerprint density at radius 3 is 2.95 bits per heavy atom. The number of amides is 1. The summed E-state index contributed by atoms with van der Waals surface area (Å²) in [5.74, 6) is 0.169. The van der Waals surface area contributed by atoms with Crippen LogP contribution in [-0.4, -0.2) is 27.3 Å². The molecule has 4 nitrogen and oxygen atoms in total. The Labute approximate surface area is 120 Å². The Morgan fingerprint density at radius 1 is 1.37 bits per heavy atom. The Morgan fingerprint density at radius 2 is 2.16 bits per heavy atom. The number of aromatic amines is 1. The highest BCUT2D eigenvalue weighted by molar-refractivity contribution is 9.10. The van der Waals surface area contributed by atoms with Crippen molar-refractivity contribution in [1.29, 1.82) is 0 Å². The third-order valence-corrected chi connectivity index (χ3v) is 3.92. The van der Waals surface area contributed by atoms with Crippen molar-refractivity contribution >= 4 is 21.8 Å². The molecule has 0 bridgehead atoms. The summed E-state index contributed by atoms with van der Waals surface area (Å²) in [5, 5.41) is 0. The molecule has 1 aromatic carbocycles. The first-order valence-electron chi connectivity index (χ1n) is 6.26. The first-order chi connectivity index (χ1) is 9.22. The average Bonchev–Trinajstić information content (AvgIpc) is 2.88. The Bertz CT molecular complexity index is 591. The van der Waals surface area contributed by atoms with Gasteiger partial charge in [-0.1, -0.05) is 28.1 Å². The highest BCUT2D eigenvalue weighted by atomic mass is 79.9. The summed E-state index contributed by atoms with van der Waals surface area (Å²) in [6, 6.07) is 7.89. The Balaban J connectivity index is 1.67. The van der Waals surface area contributed by atoms with Gasteiger partial charge in [0.15, 0.2) is 0 Å². The topological polar surface area (TPSA) is 49.0 Å². The van der Waals surface area contributed by atoms with Gasteiger partial charge in [0.05, 0.1) is 30.7 Å². The number of rotatable bonds is 2. The molecule has 98 valence electrons. The number of imidazole rings is 1. The number of halogens is 1. The van der Waals surface area contributed by atoms with Gasteiger partial charge in [0, 0.05) is 17.4 Å². The molecule has 2 heterocycles. The smallest absolute Gasteiger partial charge is 0.227 e. The van der Waals surface area contributed by atoms with E-state index < -0.39 is 0 Å². The summed E-state index contributed by atoms with van der Waals surface area (Å²) < 4.78 is 1.03. The van der Waals surface area contributed by atoms with Gasteiger partial charge in [0.25, 0.3) is 0 Å². The first-order valence-corrected chi connectivity index (χ1v) is 7.05. The van der Waals surface area contributed by atoms with E-state index in [1.807, 2.05) is 29.2 Å². The van der Waals surface area contributed by atoms with Crippen molar-refractivity contribution in [3.05, 3.63) is 52.0 Å². The van der Waals surface area contributed by atoms with E-state index in [0.29, 0.717) is 13.0 Å². The molecule has 0 atom stereocenters. The summed E-state index contributed by atoms with van der Waals surface area (Å²) in [6.07, 6.45) is 3.00. The minimum absolute atomic E-state index is 0.169. The highest BCUT2D eigenvalue weighted by Crippen LogP contribution is 2.17. The lowest BCUT2D eigenvalue weighted by Gasteiger charge is -2.26. The van der Waals surface area contributed by atoms with Gasteiger partial charge in [-0.15, -0.1) is 0 Å². The molecule has 1 aliphatic rings. The van der Waals surface area contributed by atoms with Crippen LogP contribution in [0.1, 0.15) is 17.0 Å². The summed E-state index contributed by atoms with van der Waals surface area (Å²) in [4.78, 5) is 21.5. The SMILES string of the molecule is O=C(Cc1ccc(Br)cc1)N1CCc2nc[nH]c2C1. The average molecular weight is 320 g/mol. The van der Waals surface area contributed by atoms with Crippen molar-refractivity contribution in [2.75, 3.05) is 6.54 Å². The van der Waals surface area contributed by atoms with E-state index in [2.05, 4.69) is 25.9 Å². The molecule has 1 N–H and O–H groups in total. The van der Waals surface area contributed by atoms with Crippen molar-refractivity contribution < 1.29 is 4.79 Å². The van der Waals surface area contributed by atoms with Crippen LogP contribution in [0.3, 0.4) is 0 Å². The van der Waals surface area contributed by atoms with E-state index >= 15 is 0 Å². The molecule has 19 heavy (non-hydrogen) atoms. The molecule has 2 aromatic rings. The van der Waals surface area contributed by atoms with Gasteiger partial charge in [-0.3, -0.25) is 4.79 Å². The van der Waals surface area contributed by atoms with Crippen LogP contribution in [0, 0.1) is 0 Å². The third-order valence-electron chi connectivity index (χ3n) is 3.40. The molecule has 1 aliphatic heterocycles. The second-order valence-corrected chi connectivity index (χ2v) is 5.61. The number of benzene rings is 1. The zero-order chi connectivity index (χ0) is 13.2. The highest BCUT2D eigenvalue weighted by Gasteiger charge is 2.22. The van der Waals surface area contributed by atoms with Crippen molar-refractivity contribution in [1.82, 2.24) is 14.9 Å². The standard InChI is InChI=1S/C14H14BrN3O/c15-11-3-1-10(2-4-11)7-14(19)18-6-5-12-13(8-18)17-9-16-12/h1-4,9H,5-8H2,(H,16,17). The number of carbonyl (C=O) groups is 1. The number of hydrogen-bond donors (Lipinski definition) is 1. The molecule has 0 fully saturated rings. The maximum Gasteiger partial charge on any atom is 0.227 e. The van der Waals surface area contributed by atoms with E-state index in [-0.39, 0.29) is 5.91 Å². The number of aromatic nitrogens is 2. The first kappa shape index (κ1) is 12.4. The lowest BCUT2D eigenvalue weighted by Crippen LogP contribution is -2.37. The van der Waals surface area contributed by atoms with E-state index in [1.165, 1.54) is 0 Å². The molecule has 1 aromatic heterocycles. The fraction of sp³-hybridized carbons (Fsp3) is 0.286. The number of hydrogen-bond acceptors (Lipinski definition) is 2. The molecule has 0 unspecified atom stereocenters. The largest absolute Gasteiger partial charge is 0.347 e. The molecule has 0 saturated heterocycles. The minimum atomic E-state index is 0.169. The van der Waals surface area contributed by atoms with E-state index in [4.69, 9.17) is 0 Å². The number of carbonyl (C=O) groups excluding carboxylic acids is 1. The van der Waals surface area contributed by atoms with E-state index in [0.717, 1.165) is 34.4 Å². The number of nitrogens with one attached hydrogen (secondary N) is 1. The van der Waals surface area contributed by atoms with Crippen molar-refractivity contribution in [2.45, 2.75) is 19.4 Å². The predicted octanol–water partition coefficient (Wildman–Crippen LogP) is 2.30. The van der Waals surface area contributed by atoms with Gasteiger partial charge in [0.2, 0.25) is 5.91 Å². The lowest BCUT2D eigenvalue weighted by atomic mass is 10.1. The molecule has 0 radical (unpaired) electrons. The third kappa shape index (κ3) is 2.71. The molecule has 1 amide bonds. The predicted molar refractivity (Wildman–Crippen MR) is 75.6 cm³/mol.